The first kappa shape index (κ1) is 21.2. The third-order valence-corrected chi connectivity index (χ3v) is 4.31. The van der Waals surface area contributed by atoms with Crippen molar-refractivity contribution in [3.05, 3.63) is 58.7 Å². The molecule has 1 aromatic rings. The Kier molecular flexibility index (Phi) is 6.52. The van der Waals surface area contributed by atoms with Gasteiger partial charge in [-0.3, -0.25) is 9.59 Å². The number of carbonyl (C=O) groups is 2. The van der Waals surface area contributed by atoms with Crippen molar-refractivity contribution in [2.24, 2.45) is 0 Å². The van der Waals surface area contributed by atoms with Gasteiger partial charge >= 0.3 is 0 Å². The van der Waals surface area contributed by atoms with Gasteiger partial charge in [-0.1, -0.05) is 30.4 Å². The zero-order valence-electron chi connectivity index (χ0n) is 16.4. The van der Waals surface area contributed by atoms with Crippen molar-refractivity contribution in [1.29, 1.82) is 0 Å². The molecule has 0 radical (unpaired) electrons. The Morgan fingerprint density at radius 2 is 1.70 bits per heavy atom. The van der Waals surface area contributed by atoms with Crippen LogP contribution in [0.4, 0.5) is 0 Å². The number of hydrogen-bond donors (Lipinski definition) is 2. The van der Waals surface area contributed by atoms with Gasteiger partial charge in [-0.15, -0.1) is 0 Å². The van der Waals surface area contributed by atoms with E-state index >= 15 is 0 Å². The average molecular weight is 372 g/mol. The predicted octanol–water partition coefficient (Wildman–Crippen LogP) is 3.14. The summed E-state index contributed by atoms with van der Waals surface area (Å²) in [6.07, 6.45) is 5.18. The van der Waals surface area contributed by atoms with Gasteiger partial charge in [0, 0.05) is 11.1 Å². The lowest BCUT2D eigenvalue weighted by Gasteiger charge is -2.20. The van der Waals surface area contributed by atoms with E-state index in [9.17, 15) is 19.8 Å². The van der Waals surface area contributed by atoms with Crippen molar-refractivity contribution in [3.8, 4) is 0 Å². The summed E-state index contributed by atoms with van der Waals surface area (Å²) in [6, 6.07) is 7.02. The van der Waals surface area contributed by atoms with E-state index in [1.165, 1.54) is 27.7 Å². The van der Waals surface area contributed by atoms with Crippen LogP contribution in [0, 0.1) is 0 Å². The quantitative estimate of drug-likeness (QED) is 0.685. The predicted molar refractivity (Wildman–Crippen MR) is 103 cm³/mol. The molecule has 0 unspecified atom stereocenters. The van der Waals surface area contributed by atoms with Gasteiger partial charge < -0.3 is 14.9 Å². The van der Waals surface area contributed by atoms with E-state index in [4.69, 9.17) is 4.74 Å². The standard InChI is InChI=1S/C22H28O5/c1-21(2,25)19(23)17-9-5-7-15(11-17)13-27-14-16-8-6-10-18(12-16)20(24)22(3,4)26/h5,7,9-12,25-26H,6,8,13-14H2,1-4H3. The van der Waals surface area contributed by atoms with Crippen LogP contribution in [-0.2, 0) is 16.1 Å². The van der Waals surface area contributed by atoms with Gasteiger partial charge in [-0.05, 0) is 57.7 Å². The van der Waals surface area contributed by atoms with E-state index < -0.39 is 11.2 Å². The second kappa shape index (κ2) is 8.30. The topological polar surface area (TPSA) is 83.8 Å². The fourth-order valence-corrected chi connectivity index (χ4v) is 2.84. The molecule has 0 amide bonds. The van der Waals surface area contributed by atoms with Gasteiger partial charge in [0.15, 0.2) is 11.6 Å². The molecule has 146 valence electrons. The van der Waals surface area contributed by atoms with Crippen LogP contribution in [0.15, 0.2) is 47.6 Å². The molecule has 5 heteroatoms. The SMILES string of the molecule is CC(C)(O)C(=O)C1=CCCC(COCc2cccc(C(=O)C(C)(C)O)c2)=C1. The number of hydrogen-bond acceptors (Lipinski definition) is 5. The Morgan fingerprint density at radius 3 is 2.33 bits per heavy atom. The Labute approximate surface area is 160 Å². The first-order chi connectivity index (χ1) is 12.5. The largest absolute Gasteiger partial charge is 0.382 e. The highest BCUT2D eigenvalue weighted by atomic mass is 16.5. The fourth-order valence-electron chi connectivity index (χ4n) is 2.84. The Morgan fingerprint density at radius 1 is 1.04 bits per heavy atom. The van der Waals surface area contributed by atoms with Crippen LogP contribution in [-0.4, -0.2) is 39.6 Å². The van der Waals surface area contributed by atoms with Gasteiger partial charge in [-0.2, -0.15) is 0 Å². The molecule has 27 heavy (non-hydrogen) atoms. The lowest BCUT2D eigenvalue weighted by atomic mass is 9.90. The van der Waals surface area contributed by atoms with Gasteiger partial charge in [0.05, 0.1) is 13.2 Å². The van der Waals surface area contributed by atoms with Crippen molar-refractivity contribution >= 4 is 11.6 Å². The summed E-state index contributed by atoms with van der Waals surface area (Å²) in [5, 5.41) is 19.7. The summed E-state index contributed by atoms with van der Waals surface area (Å²) in [7, 11) is 0. The van der Waals surface area contributed by atoms with Crippen molar-refractivity contribution in [3.63, 3.8) is 0 Å². The van der Waals surface area contributed by atoms with E-state index in [0.717, 1.165) is 24.0 Å². The minimum atomic E-state index is -1.41. The maximum Gasteiger partial charge on any atom is 0.193 e. The number of aliphatic hydroxyl groups is 2. The van der Waals surface area contributed by atoms with Crippen LogP contribution in [0.1, 0.15) is 56.5 Å². The molecule has 1 aromatic carbocycles. The first-order valence-electron chi connectivity index (χ1n) is 9.09. The summed E-state index contributed by atoms with van der Waals surface area (Å²) in [5.74, 6) is -0.628. The summed E-state index contributed by atoms with van der Waals surface area (Å²) in [5.41, 5.74) is -0.00778. The number of carbonyl (C=O) groups excluding carboxylic acids is 2. The zero-order chi connectivity index (χ0) is 20.2. The first-order valence-corrected chi connectivity index (χ1v) is 9.09. The molecular weight excluding hydrogens is 344 g/mol. The molecule has 0 fully saturated rings. The highest BCUT2D eigenvalue weighted by Crippen LogP contribution is 2.22. The molecule has 0 saturated heterocycles. The van der Waals surface area contributed by atoms with Crippen molar-refractivity contribution in [2.75, 3.05) is 6.61 Å². The average Bonchev–Trinajstić information content (AvgIpc) is 2.59. The van der Waals surface area contributed by atoms with Crippen molar-refractivity contribution in [1.82, 2.24) is 0 Å². The highest BCUT2D eigenvalue weighted by Gasteiger charge is 2.27. The lowest BCUT2D eigenvalue weighted by Crippen LogP contribution is -2.32. The third-order valence-electron chi connectivity index (χ3n) is 4.31. The van der Waals surface area contributed by atoms with Crippen LogP contribution in [0.25, 0.3) is 0 Å². The Bertz CT molecular complexity index is 773. The molecule has 0 spiro atoms. The van der Waals surface area contributed by atoms with Crippen LogP contribution < -0.4 is 0 Å². The van der Waals surface area contributed by atoms with Gasteiger partial charge in [0.1, 0.15) is 11.2 Å². The van der Waals surface area contributed by atoms with Crippen LogP contribution in [0.5, 0.6) is 0 Å². The normalized spacial score (nSPS) is 15.2. The molecule has 0 aromatic heterocycles. The lowest BCUT2D eigenvalue weighted by molar-refractivity contribution is -0.129. The second-order valence-corrected chi connectivity index (χ2v) is 7.97. The zero-order valence-corrected chi connectivity index (χ0v) is 16.4. The van der Waals surface area contributed by atoms with E-state index in [0.29, 0.717) is 24.4 Å². The maximum atomic E-state index is 12.2. The van der Waals surface area contributed by atoms with E-state index in [2.05, 4.69) is 0 Å². The minimum Gasteiger partial charge on any atom is -0.382 e. The maximum absolute atomic E-state index is 12.2. The van der Waals surface area contributed by atoms with Crippen molar-refractivity contribution < 1.29 is 24.5 Å². The van der Waals surface area contributed by atoms with Crippen molar-refractivity contribution in [2.45, 2.75) is 58.3 Å². The minimum absolute atomic E-state index is 0.294. The number of ketones is 2. The highest BCUT2D eigenvalue weighted by molar-refractivity contribution is 6.03. The summed E-state index contributed by atoms with van der Waals surface area (Å²) in [4.78, 5) is 24.3. The molecule has 0 saturated carbocycles. The summed E-state index contributed by atoms with van der Waals surface area (Å²) in [6.45, 7) is 6.60. The molecule has 0 atom stereocenters. The Hall–Kier alpha value is -2.08. The number of Topliss-reactive ketones (excluding diaryl/α,β-unsaturated/α-hetero) is 2. The summed E-state index contributed by atoms with van der Waals surface area (Å²) < 4.78 is 5.75. The molecule has 0 aliphatic heterocycles. The smallest absolute Gasteiger partial charge is 0.193 e. The molecule has 0 heterocycles. The van der Waals surface area contributed by atoms with E-state index in [1.54, 1.807) is 24.3 Å². The fraction of sp³-hybridized carbons (Fsp3) is 0.455. The van der Waals surface area contributed by atoms with Crippen LogP contribution in [0.2, 0.25) is 0 Å². The monoisotopic (exact) mass is 372 g/mol. The number of ether oxygens (including phenoxy) is 1. The molecule has 5 nitrogen and oxygen atoms in total. The molecule has 2 N–H and O–H groups in total. The second-order valence-electron chi connectivity index (χ2n) is 7.97. The van der Waals surface area contributed by atoms with Gasteiger partial charge in [0.25, 0.3) is 0 Å². The van der Waals surface area contributed by atoms with E-state index in [-0.39, 0.29) is 11.6 Å². The van der Waals surface area contributed by atoms with Crippen LogP contribution in [0.3, 0.4) is 0 Å². The van der Waals surface area contributed by atoms with E-state index in [1.807, 2.05) is 12.1 Å². The molecule has 0 bridgehead atoms. The van der Waals surface area contributed by atoms with Gasteiger partial charge in [-0.25, -0.2) is 0 Å². The molecule has 2 rings (SSSR count). The van der Waals surface area contributed by atoms with Gasteiger partial charge in [0.2, 0.25) is 0 Å². The molecule has 1 aliphatic rings. The Balaban J connectivity index is 1.97. The van der Waals surface area contributed by atoms with Crippen LogP contribution >= 0.6 is 0 Å². The molecule has 1 aliphatic carbocycles. The summed E-state index contributed by atoms with van der Waals surface area (Å²) >= 11 is 0. The number of rotatable bonds is 8. The number of benzene rings is 1. The molecular formula is C22H28O5. The third kappa shape index (κ3) is 5.96. The number of allylic oxidation sites excluding steroid dienone is 2.